The normalized spacial score (nSPS) is 18.9. The van der Waals surface area contributed by atoms with Gasteiger partial charge in [0.25, 0.3) is 5.91 Å². The van der Waals surface area contributed by atoms with Crippen LogP contribution >= 0.6 is 0 Å². The summed E-state index contributed by atoms with van der Waals surface area (Å²) in [5, 5.41) is 2.87. The summed E-state index contributed by atoms with van der Waals surface area (Å²) in [7, 11) is 0. The van der Waals surface area contributed by atoms with Crippen molar-refractivity contribution in [1.29, 1.82) is 0 Å². The fraction of sp³-hybridized carbons (Fsp3) is 0.318. The predicted octanol–water partition coefficient (Wildman–Crippen LogP) is 3.65. The average molecular weight is 380 g/mol. The number of ether oxygens (including phenoxy) is 1. The third kappa shape index (κ3) is 3.38. The summed E-state index contributed by atoms with van der Waals surface area (Å²) in [6, 6.07) is 13.9. The zero-order valence-electron chi connectivity index (χ0n) is 16.3. The highest BCUT2D eigenvalue weighted by molar-refractivity contribution is 6.07. The van der Waals surface area contributed by atoms with Gasteiger partial charge < -0.3 is 10.1 Å². The first-order valence-corrected chi connectivity index (χ1v) is 9.39. The molecule has 1 heterocycles. The van der Waals surface area contributed by atoms with Crippen LogP contribution in [-0.2, 0) is 16.9 Å². The average Bonchev–Trinajstić information content (AvgIpc) is 2.95. The van der Waals surface area contributed by atoms with Crippen molar-refractivity contribution in [3.8, 4) is 5.75 Å². The van der Waals surface area contributed by atoms with Gasteiger partial charge in [0.05, 0.1) is 13.2 Å². The Bertz CT molecular complexity index is 910. The molecule has 0 aliphatic carbocycles. The van der Waals surface area contributed by atoms with Gasteiger partial charge in [-0.25, -0.2) is 4.79 Å². The molecule has 0 radical (unpaired) electrons. The number of hydrogen-bond acceptors (Lipinski definition) is 4. The van der Waals surface area contributed by atoms with Gasteiger partial charge >= 0.3 is 6.03 Å². The van der Waals surface area contributed by atoms with Crippen LogP contribution in [0.2, 0.25) is 0 Å². The molecule has 6 nitrogen and oxygen atoms in total. The predicted molar refractivity (Wildman–Crippen MR) is 105 cm³/mol. The molecule has 2 aromatic carbocycles. The fourth-order valence-corrected chi connectivity index (χ4v) is 3.52. The van der Waals surface area contributed by atoms with Gasteiger partial charge in [0, 0.05) is 11.1 Å². The minimum Gasteiger partial charge on any atom is -0.494 e. The Morgan fingerprint density at radius 2 is 1.82 bits per heavy atom. The molecule has 1 saturated heterocycles. The molecule has 1 atom stereocenters. The number of urea groups is 1. The molecule has 1 N–H and O–H groups in total. The van der Waals surface area contributed by atoms with Crippen LogP contribution in [0.1, 0.15) is 48.7 Å². The maximum absolute atomic E-state index is 13.3. The van der Waals surface area contributed by atoms with Crippen molar-refractivity contribution in [2.45, 2.75) is 39.3 Å². The minimum absolute atomic E-state index is 0.0374. The van der Waals surface area contributed by atoms with Gasteiger partial charge in [0.2, 0.25) is 0 Å². The van der Waals surface area contributed by atoms with Crippen LogP contribution in [0.4, 0.5) is 4.79 Å². The van der Waals surface area contributed by atoms with E-state index in [9.17, 15) is 14.4 Å². The summed E-state index contributed by atoms with van der Waals surface area (Å²) in [5.74, 6) is 0.164. The zero-order valence-corrected chi connectivity index (χ0v) is 16.3. The van der Waals surface area contributed by atoms with E-state index in [1.54, 1.807) is 18.2 Å². The lowest BCUT2D eigenvalue weighted by Gasteiger charge is -2.26. The largest absolute Gasteiger partial charge is 0.494 e. The van der Waals surface area contributed by atoms with Crippen LogP contribution in [0.5, 0.6) is 5.75 Å². The number of nitrogens with zero attached hydrogens (tertiary/aromatic N) is 1. The molecule has 0 saturated carbocycles. The van der Waals surface area contributed by atoms with Crippen LogP contribution in [-0.4, -0.2) is 29.2 Å². The van der Waals surface area contributed by atoms with Gasteiger partial charge in [-0.2, -0.15) is 0 Å². The third-order valence-electron chi connectivity index (χ3n) is 5.07. The summed E-state index contributed by atoms with van der Waals surface area (Å²) in [6.45, 7) is 5.68. The van der Waals surface area contributed by atoms with Gasteiger partial charge in [0.15, 0.2) is 5.78 Å². The number of Topliss-reactive ketones (excluding diaryl/α,β-unsaturated/α-hetero) is 1. The van der Waals surface area contributed by atoms with Gasteiger partial charge in [-0.05, 0) is 44.0 Å². The molecule has 2 aromatic rings. The van der Waals surface area contributed by atoms with E-state index in [1.807, 2.05) is 44.2 Å². The summed E-state index contributed by atoms with van der Waals surface area (Å²) >= 11 is 0. The molecular weight excluding hydrogens is 356 g/mol. The van der Waals surface area contributed by atoms with Crippen LogP contribution in [0.25, 0.3) is 0 Å². The summed E-state index contributed by atoms with van der Waals surface area (Å²) in [5.41, 5.74) is 0.802. The van der Waals surface area contributed by atoms with Crippen molar-refractivity contribution in [2.75, 3.05) is 6.61 Å². The molecule has 146 valence electrons. The van der Waals surface area contributed by atoms with E-state index in [0.717, 1.165) is 5.56 Å². The van der Waals surface area contributed by atoms with Crippen LogP contribution < -0.4 is 10.1 Å². The Balaban J connectivity index is 1.97. The lowest BCUT2D eigenvalue weighted by atomic mass is 9.87. The van der Waals surface area contributed by atoms with Crippen molar-refractivity contribution >= 4 is 17.7 Å². The Kier molecular flexibility index (Phi) is 5.49. The van der Waals surface area contributed by atoms with E-state index in [1.165, 1.54) is 11.8 Å². The van der Waals surface area contributed by atoms with Crippen molar-refractivity contribution in [2.24, 2.45) is 0 Å². The van der Waals surface area contributed by atoms with Crippen LogP contribution in [0, 0.1) is 0 Å². The van der Waals surface area contributed by atoms with Gasteiger partial charge in [0.1, 0.15) is 11.3 Å². The monoisotopic (exact) mass is 380 g/mol. The number of rotatable bonds is 7. The molecular formula is C22H24N2O4. The lowest BCUT2D eigenvalue weighted by Crippen LogP contribution is -2.43. The summed E-state index contributed by atoms with van der Waals surface area (Å²) < 4.78 is 5.63. The molecule has 1 aliphatic rings. The Hall–Kier alpha value is -3.15. The molecule has 0 bridgehead atoms. The van der Waals surface area contributed by atoms with Crippen molar-refractivity contribution in [3.05, 3.63) is 65.2 Å². The number of nitrogens with one attached hydrogen (secondary N) is 1. The molecule has 3 rings (SSSR count). The number of carbonyl (C=O) groups is 3. The molecule has 28 heavy (non-hydrogen) atoms. The van der Waals surface area contributed by atoms with Gasteiger partial charge in [-0.1, -0.05) is 37.3 Å². The Labute approximate surface area is 164 Å². The Morgan fingerprint density at radius 1 is 1.11 bits per heavy atom. The number of amides is 3. The summed E-state index contributed by atoms with van der Waals surface area (Å²) in [4.78, 5) is 39.0. The van der Waals surface area contributed by atoms with Crippen LogP contribution in [0.3, 0.4) is 0 Å². The van der Waals surface area contributed by atoms with E-state index >= 15 is 0 Å². The first-order chi connectivity index (χ1) is 13.4. The molecule has 6 heteroatoms. The first-order valence-electron chi connectivity index (χ1n) is 9.39. The zero-order chi connectivity index (χ0) is 20.3. The molecule has 0 spiro atoms. The molecule has 1 aliphatic heterocycles. The second-order valence-corrected chi connectivity index (χ2v) is 6.76. The second-order valence-electron chi connectivity index (χ2n) is 6.76. The van der Waals surface area contributed by atoms with Crippen molar-refractivity contribution in [1.82, 2.24) is 10.2 Å². The quantitative estimate of drug-likeness (QED) is 0.588. The van der Waals surface area contributed by atoms with Crippen LogP contribution in [0.15, 0.2) is 48.5 Å². The lowest BCUT2D eigenvalue weighted by molar-refractivity contribution is -0.132. The summed E-state index contributed by atoms with van der Waals surface area (Å²) in [6.07, 6.45) is 0.434. The highest BCUT2D eigenvalue weighted by Crippen LogP contribution is 2.34. The SMILES string of the molecule is CCOc1ccc(C(C)=O)cc1CN1C(=O)NC(CC)(c2ccccc2)C1=O. The highest BCUT2D eigenvalue weighted by Gasteiger charge is 2.51. The number of carbonyl (C=O) groups excluding carboxylic acids is 3. The van der Waals surface area contributed by atoms with Crippen molar-refractivity contribution < 1.29 is 19.1 Å². The second kappa shape index (κ2) is 7.84. The van der Waals surface area contributed by atoms with E-state index in [-0.39, 0.29) is 18.2 Å². The first kappa shape index (κ1) is 19.6. The topological polar surface area (TPSA) is 75.7 Å². The number of benzene rings is 2. The fourth-order valence-electron chi connectivity index (χ4n) is 3.52. The minimum atomic E-state index is -1.08. The van der Waals surface area contributed by atoms with E-state index in [4.69, 9.17) is 4.74 Å². The molecule has 0 aromatic heterocycles. The third-order valence-corrected chi connectivity index (χ3v) is 5.07. The van der Waals surface area contributed by atoms with E-state index in [2.05, 4.69) is 5.32 Å². The van der Waals surface area contributed by atoms with E-state index < -0.39 is 11.6 Å². The Morgan fingerprint density at radius 3 is 2.43 bits per heavy atom. The maximum Gasteiger partial charge on any atom is 0.325 e. The van der Waals surface area contributed by atoms with Crippen molar-refractivity contribution in [3.63, 3.8) is 0 Å². The number of hydrogen-bond donors (Lipinski definition) is 1. The smallest absolute Gasteiger partial charge is 0.325 e. The number of imide groups is 1. The highest BCUT2D eigenvalue weighted by atomic mass is 16.5. The molecule has 3 amide bonds. The standard InChI is InChI=1S/C22H24N2O4/c1-4-22(18-9-7-6-8-10-18)20(26)24(21(27)23-22)14-17-13-16(15(3)25)11-12-19(17)28-5-2/h6-13H,4-5,14H2,1-3H3,(H,23,27). The van der Waals surface area contributed by atoms with E-state index in [0.29, 0.717) is 29.9 Å². The molecule has 1 fully saturated rings. The van der Waals surface area contributed by atoms with Gasteiger partial charge in [-0.3, -0.25) is 14.5 Å². The van der Waals surface area contributed by atoms with Gasteiger partial charge in [-0.15, -0.1) is 0 Å². The molecule has 1 unspecified atom stereocenters. The number of ketones is 1. The maximum atomic E-state index is 13.3.